The smallest absolute Gasteiger partial charge is 0.0667 e. The molecule has 0 nitrogen and oxygen atoms in total. The molecule has 10 rings (SSSR count). The zero-order valence-electron chi connectivity index (χ0n) is 31.1. The van der Waals surface area contributed by atoms with E-state index in [9.17, 15) is 0 Å². The van der Waals surface area contributed by atoms with Gasteiger partial charge >= 0.3 is 0 Å². The number of benzene rings is 4. The van der Waals surface area contributed by atoms with Crippen molar-refractivity contribution in [3.63, 3.8) is 0 Å². The maximum Gasteiger partial charge on any atom is 0.0862 e. The van der Waals surface area contributed by atoms with Crippen molar-refractivity contribution in [2.24, 2.45) is 0 Å². The summed E-state index contributed by atoms with van der Waals surface area (Å²) in [5.74, 6) is 0. The summed E-state index contributed by atoms with van der Waals surface area (Å²) >= 11 is 0. The highest BCUT2D eigenvalue weighted by Gasteiger charge is 2.75. The number of fused-ring (bicyclic) bond motifs is 4. The molecule has 0 saturated carbocycles. The first-order valence-corrected chi connectivity index (χ1v) is 39.0. The molecule has 4 spiro atoms. The van der Waals surface area contributed by atoms with Crippen molar-refractivity contribution < 1.29 is 0 Å². The lowest BCUT2D eigenvalue weighted by Gasteiger charge is -2.51. The van der Waals surface area contributed by atoms with E-state index in [1.165, 1.54) is 0 Å². The molecule has 248 valence electrons. The Labute approximate surface area is 317 Å². The minimum atomic E-state index is -0.750. The molecule has 2 fully saturated rings. The van der Waals surface area contributed by atoms with Gasteiger partial charge in [-0.15, -0.1) is 0 Å². The fourth-order valence-electron chi connectivity index (χ4n) is 13.3. The zero-order valence-corrected chi connectivity index (χ0v) is 41.1. The van der Waals surface area contributed by atoms with Crippen molar-refractivity contribution in [2.45, 2.75) is 95.2 Å². The van der Waals surface area contributed by atoms with Crippen molar-refractivity contribution in [2.75, 3.05) is 0 Å². The second-order valence-corrected chi connectivity index (χ2v) is 51.6. The standard InChI is InChI=1S/C40H48Si10/c1-41-29-17-9-10-18-30(29)42(2)37(41)25-26-38(43(3)31-19-11-12-20-32(31)44(38)4)49(37)50-39(45(5)33-21-13-14-22-34(33)46(39)6)27-28-40(50)47(7)35-23-15-16-24-36(35)48(40)8/h9-24H,25-28H2,1-8H3. The van der Waals surface area contributed by atoms with Gasteiger partial charge in [0.2, 0.25) is 0 Å². The number of hydrogen-bond donors (Lipinski definition) is 0. The highest BCUT2D eigenvalue weighted by molar-refractivity contribution is 7.36. The van der Waals surface area contributed by atoms with Gasteiger partial charge in [0.15, 0.2) is 0 Å². The molecule has 4 aromatic rings. The van der Waals surface area contributed by atoms with Gasteiger partial charge in [0.1, 0.15) is 0 Å². The van der Waals surface area contributed by atoms with Crippen LogP contribution in [0.4, 0.5) is 0 Å². The van der Waals surface area contributed by atoms with Gasteiger partial charge in [-0.3, -0.25) is 0 Å². The van der Waals surface area contributed by atoms with E-state index in [0.717, 1.165) is 0 Å². The molecule has 2 saturated heterocycles. The molecule has 0 atom stereocenters. The number of hydrogen-bond acceptors (Lipinski definition) is 0. The van der Waals surface area contributed by atoms with Crippen LogP contribution in [-0.4, -0.2) is 86.2 Å². The fraction of sp³-hybridized carbons (Fsp3) is 0.400. The molecular formula is C40H48Si10. The summed E-state index contributed by atoms with van der Waals surface area (Å²) in [4.78, 5) is 0. The van der Waals surface area contributed by atoms with Crippen LogP contribution in [0.2, 0.25) is 69.5 Å². The minimum Gasteiger partial charge on any atom is -0.0667 e. The van der Waals surface area contributed by atoms with E-state index in [-0.39, 0.29) is 0 Å². The molecule has 0 aromatic heterocycles. The van der Waals surface area contributed by atoms with E-state index in [4.69, 9.17) is 0 Å². The Kier molecular flexibility index (Phi) is 7.59. The van der Waals surface area contributed by atoms with Crippen molar-refractivity contribution >= 4 is 128 Å². The largest absolute Gasteiger partial charge is 0.0862 e. The molecule has 0 bridgehead atoms. The monoisotopic (exact) mass is 808 g/mol. The van der Waals surface area contributed by atoms with Crippen LogP contribution in [0.1, 0.15) is 25.7 Å². The third-order valence-electron chi connectivity index (χ3n) is 15.8. The first-order valence-electron chi connectivity index (χ1n) is 19.0. The first-order chi connectivity index (χ1) is 24.1. The Hall–Kier alpha value is -0.951. The van der Waals surface area contributed by atoms with Gasteiger partial charge < -0.3 is 0 Å². The lowest BCUT2D eigenvalue weighted by Crippen LogP contribution is -2.64. The second kappa shape index (κ2) is 11.3. The lowest BCUT2D eigenvalue weighted by molar-refractivity contribution is 0.798. The van der Waals surface area contributed by atoms with E-state index >= 15 is 0 Å². The quantitative estimate of drug-likeness (QED) is 0.239. The molecule has 50 heavy (non-hydrogen) atoms. The van der Waals surface area contributed by atoms with Crippen LogP contribution in [-0.2, 0) is 0 Å². The molecule has 10 heteroatoms. The predicted octanol–water partition coefficient (Wildman–Crippen LogP) is 3.43. The van der Waals surface area contributed by atoms with Crippen LogP contribution < -0.4 is 41.5 Å². The SMILES string of the molecule is C[Si]1c2ccccc2[Si](C)C12CCC1([Si](C)c3ccccc3[Si]1C)[Si]2=[Si]1C2(CCC13[Si](C)c1ccccc1[Si]3C)[Si](C)c1ccccc1[Si]2C. The maximum atomic E-state index is 2.91. The van der Waals surface area contributed by atoms with Crippen LogP contribution in [0.25, 0.3) is 0 Å². The van der Waals surface area contributed by atoms with E-state index in [0.29, 0.717) is 17.1 Å². The molecule has 4 aromatic carbocycles. The average Bonchev–Trinajstić information content (AvgIpc) is 3.91. The van der Waals surface area contributed by atoms with Gasteiger partial charge in [0, 0.05) is 0 Å². The Morgan fingerprint density at radius 2 is 0.420 bits per heavy atom. The van der Waals surface area contributed by atoms with E-state index in [1.54, 1.807) is 25.7 Å². The molecule has 0 unspecified atom stereocenters. The predicted molar refractivity (Wildman–Crippen MR) is 237 cm³/mol. The highest BCUT2D eigenvalue weighted by atomic mass is 28.9. The van der Waals surface area contributed by atoms with Crippen LogP contribution in [0, 0.1) is 0 Å². The molecule has 0 amide bonds. The van der Waals surface area contributed by atoms with Crippen LogP contribution in [0.5, 0.6) is 0 Å². The summed E-state index contributed by atoms with van der Waals surface area (Å²) in [6.45, 7) is 23.3. The Balaban J connectivity index is 1.38. The van der Waals surface area contributed by atoms with Gasteiger partial charge in [-0.2, -0.15) is 0 Å². The summed E-state index contributed by atoms with van der Waals surface area (Å²) in [5, 5.41) is 15.2. The lowest BCUT2D eigenvalue weighted by atomic mass is 10.4. The fourth-order valence-corrected chi connectivity index (χ4v) is 102. The second-order valence-electron chi connectivity index (χ2n) is 16.6. The molecule has 6 aliphatic rings. The minimum absolute atomic E-state index is 0.679. The van der Waals surface area contributed by atoms with Crippen LogP contribution >= 0.6 is 0 Å². The van der Waals surface area contributed by atoms with Crippen molar-refractivity contribution in [3.8, 4) is 0 Å². The third-order valence-corrected chi connectivity index (χ3v) is 80.5. The summed E-state index contributed by atoms with van der Waals surface area (Å²) in [7, 11) is -6.93. The van der Waals surface area contributed by atoms with Gasteiger partial charge in [-0.25, -0.2) is 0 Å². The molecule has 0 aliphatic carbocycles. The summed E-state index contributed by atoms with van der Waals surface area (Å²) in [6, 6.07) is 40.8. The Bertz CT molecular complexity index is 1710. The van der Waals surface area contributed by atoms with Gasteiger partial charge in [-0.05, 0) is 32.9 Å². The Morgan fingerprint density at radius 3 is 0.560 bits per heavy atom. The van der Waals surface area contributed by atoms with Gasteiger partial charge in [0.05, 0.1) is 70.4 Å². The zero-order chi connectivity index (χ0) is 34.5. The highest BCUT2D eigenvalue weighted by Crippen LogP contribution is 2.69. The number of rotatable bonds is 0. The van der Waals surface area contributed by atoms with E-state index < -0.39 is 86.2 Å². The molecule has 6 aliphatic heterocycles. The summed E-state index contributed by atoms with van der Waals surface area (Å²) < 4.78 is 2.78. The summed E-state index contributed by atoms with van der Waals surface area (Å²) in [6.07, 6.45) is 6.44. The van der Waals surface area contributed by atoms with Crippen molar-refractivity contribution in [1.29, 1.82) is 0 Å². The molecule has 8 radical (unpaired) electrons. The average molecular weight is 810 g/mol. The molecule has 0 N–H and O–H groups in total. The van der Waals surface area contributed by atoms with Crippen molar-refractivity contribution in [1.82, 2.24) is 0 Å². The maximum absolute atomic E-state index is 2.91. The van der Waals surface area contributed by atoms with Crippen LogP contribution in [0.15, 0.2) is 97.1 Å². The van der Waals surface area contributed by atoms with E-state index in [2.05, 4.69) is 149 Å². The topological polar surface area (TPSA) is 0 Å². The molecular weight excluding hydrogens is 761 g/mol. The third kappa shape index (κ3) is 3.66. The van der Waals surface area contributed by atoms with Gasteiger partial charge in [-0.1, -0.05) is 217 Å². The van der Waals surface area contributed by atoms with Gasteiger partial charge in [0.25, 0.3) is 0 Å². The Morgan fingerprint density at radius 1 is 0.280 bits per heavy atom. The van der Waals surface area contributed by atoms with E-state index in [1.807, 2.05) is 41.5 Å². The first kappa shape index (κ1) is 33.6. The molecule has 6 heterocycles. The van der Waals surface area contributed by atoms with Crippen LogP contribution in [0.3, 0.4) is 0 Å². The van der Waals surface area contributed by atoms with Crippen molar-refractivity contribution in [3.05, 3.63) is 97.1 Å². The normalized spacial score (nSPS) is 25.6. The summed E-state index contributed by atoms with van der Waals surface area (Å²) in [5.41, 5.74) is 0.